The predicted octanol–water partition coefficient (Wildman–Crippen LogP) is 1.91. The Kier molecular flexibility index (Phi) is 19.3. The number of imidazole rings is 1. The third-order valence-electron chi connectivity index (χ3n) is 10.8. The van der Waals surface area contributed by atoms with E-state index in [4.69, 9.17) is 19.9 Å². The Balaban J connectivity index is 0.909. The predicted molar refractivity (Wildman–Crippen MR) is 240 cm³/mol. The lowest BCUT2D eigenvalue weighted by Crippen LogP contribution is -2.55. The van der Waals surface area contributed by atoms with Gasteiger partial charge in [0.1, 0.15) is 12.1 Å². The van der Waals surface area contributed by atoms with E-state index < -0.39 is 71.7 Å². The van der Waals surface area contributed by atoms with Gasteiger partial charge in [0.05, 0.1) is 46.1 Å². The maximum atomic E-state index is 13.6. The number of nitrogen functional groups attached to an aromatic ring is 1. The van der Waals surface area contributed by atoms with Crippen molar-refractivity contribution in [2.75, 3.05) is 58.4 Å². The Morgan fingerprint density at radius 2 is 1.57 bits per heavy atom. The quantitative estimate of drug-likeness (QED) is 0.0377. The van der Waals surface area contributed by atoms with Crippen LogP contribution in [0.25, 0.3) is 11.2 Å². The maximum absolute atomic E-state index is 13.6. The highest BCUT2D eigenvalue weighted by Crippen LogP contribution is 2.47. The van der Waals surface area contributed by atoms with Gasteiger partial charge in [-0.1, -0.05) is 45.4 Å². The zero-order valence-electron chi connectivity index (χ0n) is 38.0. The number of nitrogens with zero attached hydrogens (tertiary/aromatic N) is 4. The number of carbonyl (C=O) groups is 6. The van der Waals surface area contributed by atoms with Crippen LogP contribution in [0.3, 0.4) is 0 Å². The molecule has 2 aromatic carbocycles. The number of hydrogen-bond donors (Lipinski definition) is 8. The van der Waals surface area contributed by atoms with Crippen molar-refractivity contribution in [3.8, 4) is 12.0 Å². The van der Waals surface area contributed by atoms with Crippen molar-refractivity contribution in [1.82, 2.24) is 46.1 Å². The molecule has 1 fully saturated rings. The molecule has 0 radical (unpaired) electrons. The van der Waals surface area contributed by atoms with E-state index in [9.17, 15) is 47.8 Å². The molecule has 2 aromatic heterocycles. The van der Waals surface area contributed by atoms with Gasteiger partial charge < -0.3 is 56.7 Å². The number of ether oxygens (including phenoxy) is 3. The van der Waals surface area contributed by atoms with Crippen molar-refractivity contribution in [1.29, 1.82) is 0 Å². The van der Waals surface area contributed by atoms with Crippen LogP contribution in [0.2, 0.25) is 0 Å². The van der Waals surface area contributed by atoms with E-state index >= 15 is 0 Å². The minimum Gasteiger partial charge on any atom is -0.480 e. The van der Waals surface area contributed by atoms with Crippen molar-refractivity contribution < 1.29 is 62.0 Å². The number of aromatic nitrogens is 4. The molecule has 5 rings (SSSR count). The first-order chi connectivity index (χ1) is 32.6. The number of unbranched alkanes of at least 4 members (excludes halogenated alkanes) is 1. The van der Waals surface area contributed by atoms with E-state index in [1.165, 1.54) is 10.6 Å². The number of amides is 5. The number of carboxylic acid groups (broad SMARTS) is 1. The number of benzene rings is 2. The summed E-state index contributed by atoms with van der Waals surface area (Å²) in [4.78, 5) is 87.9. The van der Waals surface area contributed by atoms with Gasteiger partial charge in [0.2, 0.25) is 23.6 Å². The molecular weight excluding hydrogens is 895 g/mol. The summed E-state index contributed by atoms with van der Waals surface area (Å²) in [5.74, 6) is -7.36. The summed E-state index contributed by atoms with van der Waals surface area (Å²) in [5.41, 5.74) is 8.24. The van der Waals surface area contributed by atoms with Gasteiger partial charge in [-0.15, -0.1) is 0 Å². The minimum absolute atomic E-state index is 0.0839. The first-order valence-corrected chi connectivity index (χ1v) is 22.3. The second kappa shape index (κ2) is 25.2. The van der Waals surface area contributed by atoms with E-state index in [1.54, 1.807) is 38.1 Å². The summed E-state index contributed by atoms with van der Waals surface area (Å²) < 4.78 is 44.9. The van der Waals surface area contributed by atoms with Gasteiger partial charge in [0.15, 0.2) is 28.6 Å². The van der Waals surface area contributed by atoms with Crippen molar-refractivity contribution in [2.45, 2.75) is 77.4 Å². The number of nitrogens with one attached hydrogen (secondary N) is 5. The molecular formula is C45H58F2N10O11. The average Bonchev–Trinajstić information content (AvgIpc) is 4.05. The largest absolute Gasteiger partial charge is 0.480 e. The van der Waals surface area contributed by atoms with Crippen LogP contribution >= 0.6 is 0 Å². The number of carboxylic acids is 1. The standard InChI is InChI=1S/C45H58F2N10O11/c1-4-5-16-68-44-55-38(48)37-39(56-44)57(45(65)54-37)24-26-6-8-27(9-7-26)40(60)50-15-18-67-20-19-66-17-14-49-34(58)13-12-33(43(63)64)52-42(62)36(25(2)3)53-35(59)23-51-41(61)30-22-29(30)28-10-11-31(46)32(47)21-28/h6-11,21,25,29-30,33,36H,4-5,12-20,22-24H2,1-3H3,(H,49,58)(H,50,60)(H,51,61)(H,52,62)(H,53,59)(H,54,65)(H,63,64)(H2,48,55,56)/t29?,30?,33-,36+/m1/s1. The molecule has 21 nitrogen and oxygen atoms in total. The summed E-state index contributed by atoms with van der Waals surface area (Å²) in [6.45, 7) is 6.57. The highest BCUT2D eigenvalue weighted by atomic mass is 19.2. The molecule has 2 unspecified atom stereocenters. The lowest BCUT2D eigenvalue weighted by molar-refractivity contribution is -0.143. The van der Waals surface area contributed by atoms with Crippen LogP contribution in [-0.4, -0.2) is 130 Å². The Morgan fingerprint density at radius 3 is 2.24 bits per heavy atom. The minimum atomic E-state index is -1.44. The topological polar surface area (TPSA) is 300 Å². The number of hydrogen-bond acceptors (Lipinski definition) is 14. The first kappa shape index (κ1) is 52.0. The Morgan fingerprint density at radius 1 is 0.868 bits per heavy atom. The van der Waals surface area contributed by atoms with Crippen molar-refractivity contribution in [2.24, 2.45) is 11.8 Å². The number of rotatable bonds is 28. The fourth-order valence-corrected chi connectivity index (χ4v) is 6.91. The van der Waals surface area contributed by atoms with Gasteiger partial charge in [-0.25, -0.2) is 13.6 Å². The molecule has 9 N–H and O–H groups in total. The second-order valence-corrected chi connectivity index (χ2v) is 16.4. The smallest absolute Gasteiger partial charge is 0.326 e. The van der Waals surface area contributed by atoms with Crippen molar-refractivity contribution in [3.05, 3.63) is 70.8 Å². The van der Waals surface area contributed by atoms with Crippen LogP contribution in [0, 0.1) is 23.5 Å². The highest BCUT2D eigenvalue weighted by molar-refractivity contribution is 5.94. The monoisotopic (exact) mass is 952 g/mol. The van der Waals surface area contributed by atoms with E-state index in [2.05, 4.69) is 41.5 Å². The normalized spacial score (nSPS) is 15.0. The van der Waals surface area contributed by atoms with E-state index in [-0.39, 0.29) is 94.1 Å². The van der Waals surface area contributed by atoms with E-state index in [0.717, 1.165) is 30.5 Å². The number of anilines is 1. The SMILES string of the molecule is CCCCOc1nc(N)c2nc(O)n(Cc3ccc(C(=O)NCCOCCOCCNC(=O)CC[C@@H](NC(=O)[C@@H](NC(=O)CNC(=O)C4CC4c4ccc(F)c(F)c4)C(C)C)C(=O)O)cc3)c2n1. The molecule has 1 aliphatic carbocycles. The van der Waals surface area contributed by atoms with Crippen LogP contribution in [0.5, 0.6) is 12.0 Å². The van der Waals surface area contributed by atoms with Gasteiger partial charge in [-0.2, -0.15) is 15.0 Å². The number of fused-ring (bicyclic) bond motifs is 1. The van der Waals surface area contributed by atoms with Gasteiger partial charge in [-0.3, -0.25) is 28.5 Å². The second-order valence-electron chi connectivity index (χ2n) is 16.4. The van der Waals surface area contributed by atoms with Gasteiger partial charge in [0, 0.05) is 31.0 Å². The highest BCUT2D eigenvalue weighted by Gasteiger charge is 2.44. The van der Waals surface area contributed by atoms with Gasteiger partial charge in [0.25, 0.3) is 11.9 Å². The van der Waals surface area contributed by atoms with Crippen LogP contribution < -0.4 is 37.1 Å². The summed E-state index contributed by atoms with van der Waals surface area (Å²) in [7, 11) is 0. The van der Waals surface area contributed by atoms with E-state index in [1.807, 2.05) is 6.92 Å². The molecule has 4 atom stereocenters. The number of nitrogens with two attached hydrogens (primary N) is 1. The molecule has 368 valence electrons. The molecule has 1 saturated carbocycles. The zero-order chi connectivity index (χ0) is 49.3. The van der Waals surface area contributed by atoms with Gasteiger partial charge >= 0.3 is 12.0 Å². The van der Waals surface area contributed by atoms with Crippen molar-refractivity contribution >= 4 is 52.5 Å². The lowest BCUT2D eigenvalue weighted by atomic mass is 10.0. The van der Waals surface area contributed by atoms with Crippen molar-refractivity contribution in [3.63, 3.8) is 0 Å². The average molecular weight is 953 g/mol. The zero-order valence-corrected chi connectivity index (χ0v) is 38.0. The maximum Gasteiger partial charge on any atom is 0.326 e. The Labute approximate surface area is 390 Å². The van der Waals surface area contributed by atoms with Crippen LogP contribution in [0.4, 0.5) is 14.6 Å². The molecule has 2 heterocycles. The van der Waals surface area contributed by atoms with Crippen LogP contribution in [0.15, 0.2) is 42.5 Å². The molecule has 0 saturated heterocycles. The summed E-state index contributed by atoms with van der Waals surface area (Å²) in [6, 6.07) is 7.41. The fraction of sp³-hybridized carbons (Fsp3) is 0.489. The molecule has 4 aromatic rings. The number of aliphatic carboxylic acids is 1. The lowest BCUT2D eigenvalue weighted by Gasteiger charge is -2.24. The summed E-state index contributed by atoms with van der Waals surface area (Å²) in [5, 5.41) is 33.0. The Bertz CT molecular complexity index is 2400. The molecule has 0 spiro atoms. The molecule has 0 bridgehead atoms. The van der Waals surface area contributed by atoms with Crippen LogP contribution in [-0.2, 0) is 40.0 Å². The first-order valence-electron chi connectivity index (χ1n) is 22.3. The summed E-state index contributed by atoms with van der Waals surface area (Å²) in [6.07, 6.45) is 1.67. The number of aromatic hydroxyl groups is 1. The number of carbonyl (C=O) groups excluding carboxylic acids is 5. The third kappa shape index (κ3) is 15.3. The molecule has 5 amide bonds. The molecule has 23 heteroatoms. The molecule has 68 heavy (non-hydrogen) atoms. The van der Waals surface area contributed by atoms with Gasteiger partial charge in [-0.05, 0) is 66.5 Å². The number of halogens is 2. The molecule has 0 aliphatic heterocycles. The van der Waals surface area contributed by atoms with Crippen LogP contribution in [0.1, 0.15) is 80.3 Å². The van der Waals surface area contributed by atoms with E-state index in [0.29, 0.717) is 29.8 Å². The Hall–Kier alpha value is -7.01. The molecule has 1 aliphatic rings. The summed E-state index contributed by atoms with van der Waals surface area (Å²) >= 11 is 0. The third-order valence-corrected chi connectivity index (χ3v) is 10.8. The fourth-order valence-electron chi connectivity index (χ4n) is 6.91.